The van der Waals surface area contributed by atoms with E-state index in [1.807, 2.05) is 115 Å². The molecular weight excluding hydrogens is 929 g/mol. The number of pyridine rings is 2. The van der Waals surface area contributed by atoms with Crippen molar-refractivity contribution in [3.63, 3.8) is 0 Å². The fourth-order valence-corrected chi connectivity index (χ4v) is 8.20. The van der Waals surface area contributed by atoms with Gasteiger partial charge in [-0.15, -0.1) is 0 Å². The standard InChI is InChI=1S/C25H32N8O2S.C23H28N8O2S/c1-16(2)35-20-9-10-26-21(15-20)36-32-19-7-5-18(6-8-19)23-28-24(27-11-12-33(4)13-14-34)22-17(3)30-31-25(22)29-23;1-15-20-22(25-10-11-31(2)12-13-32)26-21(27-23(20)29-28-15)16-4-6-17(7-5-16)30-34-19-14-18(33-3)8-9-24-19/h5-10,15-16,32,34H,11-14H2,1-4H3,(H2,27,28,29,30,31);4-9,14,30,32H,10-13H2,1-3H3,(H2,25,26,27,28,29). The second-order valence-corrected chi connectivity index (χ2v) is 18.0. The lowest BCUT2D eigenvalue weighted by atomic mass is 10.2. The van der Waals surface area contributed by atoms with Gasteiger partial charge < -0.3 is 49.6 Å². The zero-order valence-electron chi connectivity index (χ0n) is 40.3. The number of aromatic nitrogens is 10. The van der Waals surface area contributed by atoms with Gasteiger partial charge in [0.05, 0.1) is 37.2 Å². The number of aliphatic hydroxyl groups is 2. The van der Waals surface area contributed by atoms with Gasteiger partial charge in [-0.3, -0.25) is 10.2 Å². The first-order valence-corrected chi connectivity index (χ1v) is 24.3. The van der Waals surface area contributed by atoms with Crippen LogP contribution in [-0.4, -0.2) is 150 Å². The lowest BCUT2D eigenvalue weighted by molar-refractivity contribution is 0.225. The van der Waals surface area contributed by atoms with E-state index in [1.165, 1.54) is 23.9 Å². The molecule has 0 saturated heterocycles. The van der Waals surface area contributed by atoms with E-state index < -0.39 is 0 Å². The predicted molar refractivity (Wildman–Crippen MR) is 280 cm³/mol. The Morgan fingerprint density at radius 3 is 1.49 bits per heavy atom. The fraction of sp³-hybridized carbons (Fsp3) is 0.333. The highest BCUT2D eigenvalue weighted by Gasteiger charge is 2.16. The maximum atomic E-state index is 9.11. The van der Waals surface area contributed by atoms with E-state index in [9.17, 15) is 0 Å². The number of fused-ring (bicyclic) bond motifs is 2. The van der Waals surface area contributed by atoms with Gasteiger partial charge in [-0.2, -0.15) is 10.2 Å². The van der Waals surface area contributed by atoms with Crippen LogP contribution in [0.15, 0.2) is 95.2 Å². The monoisotopic (exact) mass is 988 g/mol. The van der Waals surface area contributed by atoms with Crippen LogP contribution in [0.2, 0.25) is 0 Å². The van der Waals surface area contributed by atoms with Gasteiger partial charge in [-0.05, 0) is 102 Å². The summed E-state index contributed by atoms with van der Waals surface area (Å²) in [4.78, 5) is 31.7. The molecule has 22 heteroatoms. The molecule has 6 aromatic heterocycles. The lowest BCUT2D eigenvalue weighted by Crippen LogP contribution is -2.28. The molecular formula is C48H60N16O4S2. The van der Waals surface area contributed by atoms with Gasteiger partial charge in [0.2, 0.25) is 0 Å². The van der Waals surface area contributed by atoms with Crippen LogP contribution in [0, 0.1) is 13.8 Å². The third kappa shape index (κ3) is 14.1. The SMILES string of the molecule is COc1ccnc(SNc2ccc(-c3nc(NCCN(C)CCO)c4c(C)[nH]nc4n3)cc2)c1.Cc1[nH]nc2nc(-c3ccc(NSc4cc(OC(C)C)ccn4)cc3)nc(NCCN(C)CCO)c12. The third-order valence-electron chi connectivity index (χ3n) is 10.6. The minimum absolute atomic E-state index is 0.112. The molecule has 0 atom stereocenters. The number of methoxy groups -OCH3 is 1. The van der Waals surface area contributed by atoms with Gasteiger partial charge in [0, 0.05) is 122 Å². The Morgan fingerprint density at radius 1 is 0.614 bits per heavy atom. The van der Waals surface area contributed by atoms with Gasteiger partial charge in [0.25, 0.3) is 0 Å². The minimum atomic E-state index is 0.112. The molecule has 8 N–H and O–H groups in total. The van der Waals surface area contributed by atoms with Crippen molar-refractivity contribution >= 4 is 69.0 Å². The van der Waals surface area contributed by atoms with Crippen LogP contribution in [0.3, 0.4) is 0 Å². The zero-order valence-corrected chi connectivity index (χ0v) is 41.9. The third-order valence-corrected chi connectivity index (χ3v) is 12.1. The van der Waals surface area contributed by atoms with Crippen molar-refractivity contribution < 1.29 is 19.7 Å². The summed E-state index contributed by atoms with van der Waals surface area (Å²) in [5.74, 6) is 4.24. The van der Waals surface area contributed by atoms with Crippen LogP contribution in [0.5, 0.6) is 11.5 Å². The molecule has 0 aliphatic rings. The van der Waals surface area contributed by atoms with Gasteiger partial charge in [0.15, 0.2) is 22.9 Å². The summed E-state index contributed by atoms with van der Waals surface area (Å²) in [6.45, 7) is 12.4. The first-order valence-electron chi connectivity index (χ1n) is 22.7. The Kier molecular flexibility index (Phi) is 18.3. The Hall–Kier alpha value is -6.82. The van der Waals surface area contributed by atoms with Crippen molar-refractivity contribution in [3.05, 3.63) is 96.6 Å². The van der Waals surface area contributed by atoms with Crippen LogP contribution in [0.1, 0.15) is 25.2 Å². The highest BCUT2D eigenvalue weighted by molar-refractivity contribution is 8.00. The number of hydrogen-bond acceptors (Lipinski definition) is 20. The van der Waals surface area contributed by atoms with E-state index in [-0.39, 0.29) is 19.3 Å². The van der Waals surface area contributed by atoms with Gasteiger partial charge in [0.1, 0.15) is 33.2 Å². The summed E-state index contributed by atoms with van der Waals surface area (Å²) in [6, 6.07) is 23.3. The van der Waals surface area contributed by atoms with Gasteiger partial charge in [-0.1, -0.05) is 0 Å². The van der Waals surface area contributed by atoms with E-state index in [4.69, 9.17) is 29.7 Å². The Morgan fingerprint density at radius 2 is 1.06 bits per heavy atom. The Labute approximate surface area is 415 Å². The average molecular weight is 989 g/mol. The number of anilines is 4. The molecule has 368 valence electrons. The number of rotatable bonds is 23. The van der Waals surface area contributed by atoms with Crippen molar-refractivity contribution in [1.29, 1.82) is 0 Å². The summed E-state index contributed by atoms with van der Waals surface area (Å²) >= 11 is 2.83. The molecule has 20 nitrogen and oxygen atoms in total. The number of aliphatic hydroxyl groups excluding tert-OH is 2. The summed E-state index contributed by atoms with van der Waals surface area (Å²) in [7, 11) is 5.58. The average Bonchev–Trinajstić information content (AvgIpc) is 3.94. The number of aryl methyl sites for hydroxylation is 2. The molecule has 0 fully saturated rings. The van der Waals surface area contributed by atoms with Crippen molar-refractivity contribution in [1.82, 2.24) is 60.1 Å². The van der Waals surface area contributed by atoms with Gasteiger partial charge >= 0.3 is 0 Å². The van der Waals surface area contributed by atoms with E-state index >= 15 is 0 Å². The molecule has 0 aliphatic heterocycles. The molecule has 6 heterocycles. The molecule has 0 unspecified atom stereocenters. The molecule has 0 bridgehead atoms. The van der Waals surface area contributed by atoms with Crippen molar-refractivity contribution in [3.8, 4) is 34.3 Å². The zero-order chi connectivity index (χ0) is 49.4. The molecule has 70 heavy (non-hydrogen) atoms. The second kappa shape index (κ2) is 25.2. The number of ether oxygens (including phenoxy) is 2. The number of hydrogen-bond donors (Lipinski definition) is 8. The number of nitrogens with zero attached hydrogens (tertiary/aromatic N) is 10. The van der Waals surface area contributed by atoms with Crippen molar-refractivity contribution in [2.45, 2.75) is 43.9 Å². The highest BCUT2D eigenvalue weighted by Crippen LogP contribution is 2.30. The van der Waals surface area contributed by atoms with Crippen LogP contribution in [-0.2, 0) is 0 Å². The summed E-state index contributed by atoms with van der Waals surface area (Å²) < 4.78 is 17.6. The minimum Gasteiger partial charge on any atom is -0.497 e. The maximum Gasteiger partial charge on any atom is 0.186 e. The van der Waals surface area contributed by atoms with Crippen LogP contribution >= 0.6 is 23.9 Å². The highest BCUT2D eigenvalue weighted by atomic mass is 32.2. The number of nitrogens with one attached hydrogen (secondary N) is 6. The van der Waals surface area contributed by atoms with Crippen LogP contribution < -0.4 is 29.6 Å². The van der Waals surface area contributed by atoms with Crippen molar-refractivity contribution in [2.75, 3.05) is 93.8 Å². The quantitative estimate of drug-likeness (QED) is 0.0296. The Bertz CT molecular complexity index is 2900. The van der Waals surface area contributed by atoms with E-state index in [0.717, 1.165) is 90.9 Å². The van der Waals surface area contributed by atoms with Crippen LogP contribution in [0.25, 0.3) is 44.8 Å². The smallest absolute Gasteiger partial charge is 0.186 e. The summed E-state index contributed by atoms with van der Waals surface area (Å²) in [5.41, 5.74) is 6.71. The predicted octanol–water partition coefficient (Wildman–Crippen LogP) is 7.15. The van der Waals surface area contributed by atoms with Crippen molar-refractivity contribution in [2.24, 2.45) is 0 Å². The topological polar surface area (TPSA) is 248 Å². The first kappa shape index (κ1) is 51.0. The molecule has 8 aromatic rings. The molecule has 0 saturated carbocycles. The normalized spacial score (nSPS) is 11.3. The molecule has 8 rings (SSSR count). The van der Waals surface area contributed by atoms with E-state index in [1.54, 1.807) is 19.5 Å². The van der Waals surface area contributed by atoms with E-state index in [2.05, 4.69) is 70.2 Å². The summed E-state index contributed by atoms with van der Waals surface area (Å²) in [6.07, 6.45) is 3.57. The van der Waals surface area contributed by atoms with E-state index in [0.29, 0.717) is 49.1 Å². The lowest BCUT2D eigenvalue weighted by Gasteiger charge is -2.16. The number of aromatic amines is 2. The van der Waals surface area contributed by atoms with Gasteiger partial charge in [-0.25, -0.2) is 29.9 Å². The number of likely N-dealkylation sites (N-methyl/N-ethyl adjacent to an activating group) is 2. The molecule has 0 aliphatic carbocycles. The largest absolute Gasteiger partial charge is 0.497 e. The number of benzene rings is 2. The first-order chi connectivity index (χ1) is 34.0. The fourth-order valence-electron chi connectivity index (χ4n) is 6.91. The van der Waals surface area contributed by atoms with Crippen LogP contribution in [0.4, 0.5) is 23.0 Å². The molecule has 0 amide bonds. The molecule has 0 spiro atoms. The Balaban J connectivity index is 0.000000207. The maximum absolute atomic E-state index is 9.11. The second-order valence-electron chi connectivity index (χ2n) is 16.4. The summed E-state index contributed by atoms with van der Waals surface area (Å²) in [5, 5.41) is 43.1. The molecule has 0 radical (unpaired) electrons. The molecule has 2 aromatic carbocycles. The number of H-pyrrole nitrogens is 2.